The van der Waals surface area contributed by atoms with Crippen molar-refractivity contribution in [3.05, 3.63) is 0 Å². The molecule has 0 aromatic rings. The fourth-order valence-corrected chi connectivity index (χ4v) is 3.93. The van der Waals surface area contributed by atoms with Crippen molar-refractivity contribution in [3.8, 4) is 0 Å². The highest BCUT2D eigenvalue weighted by Crippen LogP contribution is 2.28. The zero-order chi connectivity index (χ0) is 14.1. The number of aliphatic hydroxyl groups excluding tert-OH is 3. The summed E-state index contributed by atoms with van der Waals surface area (Å²) in [6.07, 6.45) is -4.21. The molecule has 0 aliphatic carbocycles. The Bertz CT molecular complexity index is 237. The van der Waals surface area contributed by atoms with E-state index in [4.69, 9.17) is 0 Å². The van der Waals surface area contributed by atoms with Gasteiger partial charge in [-0.25, -0.2) is 0 Å². The number of hydrogen-bond donors (Lipinski definition) is 4. The summed E-state index contributed by atoms with van der Waals surface area (Å²) in [6, 6.07) is 0. The maximum absolute atomic E-state index is 11.4. The third-order valence-electron chi connectivity index (χ3n) is 2.23. The Morgan fingerprint density at radius 2 is 1.56 bits per heavy atom. The number of thioether (sulfide) groups is 2. The Morgan fingerprint density at radius 3 is 1.94 bits per heavy atom. The number of carbonyl (C=O) groups is 1. The van der Waals surface area contributed by atoms with Crippen molar-refractivity contribution in [2.24, 2.45) is 0 Å². The average Bonchev–Trinajstić information content (AvgIpc) is 2.36. The van der Waals surface area contributed by atoms with Gasteiger partial charge < -0.3 is 20.6 Å². The van der Waals surface area contributed by atoms with Gasteiger partial charge >= 0.3 is 0 Å². The Balaban J connectivity index is 4.52. The zero-order valence-electron chi connectivity index (χ0n) is 11.0. The van der Waals surface area contributed by atoms with E-state index in [1.54, 1.807) is 6.92 Å². The lowest BCUT2D eigenvalue weighted by atomic mass is 10.1. The van der Waals surface area contributed by atoms with Crippen LogP contribution in [0.2, 0.25) is 0 Å². The molecule has 0 saturated heterocycles. The zero-order valence-corrected chi connectivity index (χ0v) is 12.6. The monoisotopic (exact) mass is 297 g/mol. The molecular weight excluding hydrogens is 274 g/mol. The third-order valence-corrected chi connectivity index (χ3v) is 4.93. The van der Waals surface area contributed by atoms with Crippen LogP contribution in [0, 0.1) is 0 Å². The molecule has 18 heavy (non-hydrogen) atoms. The number of nitrogens with one attached hydrogen (secondary N) is 1. The molecule has 0 unspecified atom stereocenters. The van der Waals surface area contributed by atoms with Crippen molar-refractivity contribution >= 4 is 29.4 Å². The molecule has 0 aromatic heterocycles. The molecular formula is C11H23NO4S2. The smallest absolute Gasteiger partial charge is 0.251 e. The van der Waals surface area contributed by atoms with Crippen molar-refractivity contribution in [1.82, 2.24) is 5.32 Å². The van der Waals surface area contributed by atoms with Gasteiger partial charge in [0, 0.05) is 6.54 Å². The van der Waals surface area contributed by atoms with E-state index < -0.39 is 24.2 Å². The second-order valence-electron chi connectivity index (χ2n) is 3.60. The lowest BCUT2D eigenvalue weighted by Crippen LogP contribution is -2.49. The van der Waals surface area contributed by atoms with E-state index in [-0.39, 0.29) is 4.58 Å². The fraction of sp³-hybridized carbons (Fsp3) is 0.909. The molecule has 4 N–H and O–H groups in total. The van der Waals surface area contributed by atoms with Crippen molar-refractivity contribution in [2.75, 3.05) is 18.1 Å². The van der Waals surface area contributed by atoms with Gasteiger partial charge in [-0.05, 0) is 18.4 Å². The minimum Gasteiger partial charge on any atom is -0.388 e. The minimum absolute atomic E-state index is 0.251. The molecule has 1 amide bonds. The molecule has 108 valence electrons. The van der Waals surface area contributed by atoms with Crippen LogP contribution in [-0.4, -0.2) is 62.2 Å². The van der Waals surface area contributed by atoms with E-state index >= 15 is 0 Å². The predicted octanol–water partition coefficient (Wildman–Crippen LogP) is 0.0375. The first-order chi connectivity index (χ1) is 8.49. The molecule has 0 aromatic carbocycles. The minimum atomic E-state index is -1.60. The highest BCUT2D eigenvalue weighted by molar-refractivity contribution is 8.17. The van der Waals surface area contributed by atoms with Crippen LogP contribution in [0.5, 0.6) is 0 Å². The summed E-state index contributed by atoms with van der Waals surface area (Å²) in [7, 11) is 0. The van der Waals surface area contributed by atoms with E-state index in [0.717, 1.165) is 11.5 Å². The second-order valence-corrected chi connectivity index (χ2v) is 6.74. The number of rotatable bonds is 9. The molecule has 0 radical (unpaired) electrons. The van der Waals surface area contributed by atoms with E-state index in [2.05, 4.69) is 5.32 Å². The standard InChI is InChI=1S/C11H23NO4S2/c1-4-12-10(16)8(14)7(13)9(15)11(17-5-2)18-6-3/h7-9,11,13-15H,4-6H2,1-3H3,(H,12,16)/t7-,8+,9-/m1/s1. The van der Waals surface area contributed by atoms with Gasteiger partial charge in [0.15, 0.2) is 6.10 Å². The van der Waals surface area contributed by atoms with Crippen molar-refractivity contribution in [2.45, 2.75) is 43.7 Å². The maximum Gasteiger partial charge on any atom is 0.251 e. The molecule has 0 aliphatic rings. The van der Waals surface area contributed by atoms with Gasteiger partial charge in [0.05, 0.1) is 4.58 Å². The van der Waals surface area contributed by atoms with Crippen molar-refractivity contribution < 1.29 is 20.1 Å². The lowest BCUT2D eigenvalue weighted by Gasteiger charge is -2.27. The van der Waals surface area contributed by atoms with Crippen LogP contribution in [0.25, 0.3) is 0 Å². The highest BCUT2D eigenvalue weighted by atomic mass is 32.2. The number of aliphatic hydroxyl groups is 3. The summed E-state index contributed by atoms with van der Waals surface area (Å²) in [5, 5.41) is 31.9. The summed E-state index contributed by atoms with van der Waals surface area (Å²) < 4.78 is -0.251. The van der Waals surface area contributed by atoms with Crippen LogP contribution >= 0.6 is 23.5 Å². The highest BCUT2D eigenvalue weighted by Gasteiger charge is 2.34. The molecule has 0 fully saturated rings. The van der Waals surface area contributed by atoms with E-state index in [1.165, 1.54) is 23.5 Å². The Morgan fingerprint density at radius 1 is 1.06 bits per heavy atom. The summed E-state index contributed by atoms with van der Waals surface area (Å²) in [5.74, 6) is 0.919. The molecule has 0 aliphatic heterocycles. The van der Waals surface area contributed by atoms with Crippen LogP contribution in [-0.2, 0) is 4.79 Å². The summed E-state index contributed by atoms with van der Waals surface area (Å²) >= 11 is 2.98. The van der Waals surface area contributed by atoms with Gasteiger partial charge in [-0.3, -0.25) is 4.79 Å². The second kappa shape index (κ2) is 9.91. The van der Waals surface area contributed by atoms with Crippen LogP contribution < -0.4 is 5.32 Å². The maximum atomic E-state index is 11.4. The van der Waals surface area contributed by atoms with Crippen LogP contribution in [0.4, 0.5) is 0 Å². The van der Waals surface area contributed by atoms with Gasteiger partial charge in [-0.1, -0.05) is 13.8 Å². The Labute approximate surface area is 117 Å². The molecule has 0 spiro atoms. The number of amides is 1. The third kappa shape index (κ3) is 5.79. The van der Waals surface area contributed by atoms with E-state index in [1.807, 2.05) is 13.8 Å². The van der Waals surface area contributed by atoms with Gasteiger partial charge in [0.25, 0.3) is 5.91 Å². The summed E-state index contributed by atoms with van der Waals surface area (Å²) in [4.78, 5) is 11.4. The van der Waals surface area contributed by atoms with Gasteiger partial charge in [0.2, 0.25) is 0 Å². The largest absolute Gasteiger partial charge is 0.388 e. The first kappa shape index (κ1) is 18.0. The molecule has 0 bridgehead atoms. The molecule has 0 rings (SSSR count). The van der Waals surface area contributed by atoms with Gasteiger partial charge in [0.1, 0.15) is 12.2 Å². The first-order valence-electron chi connectivity index (χ1n) is 6.04. The van der Waals surface area contributed by atoms with Crippen molar-refractivity contribution in [3.63, 3.8) is 0 Å². The predicted molar refractivity (Wildman–Crippen MR) is 76.8 cm³/mol. The summed E-state index contributed by atoms with van der Waals surface area (Å²) in [5.41, 5.74) is 0. The van der Waals surface area contributed by atoms with Gasteiger partial charge in [-0.2, -0.15) is 0 Å². The summed E-state index contributed by atoms with van der Waals surface area (Å²) in [6.45, 7) is 5.99. The molecule has 5 nitrogen and oxygen atoms in total. The quantitative estimate of drug-likeness (QED) is 0.449. The molecule has 0 saturated carbocycles. The average molecular weight is 297 g/mol. The Kier molecular flexibility index (Phi) is 9.94. The molecule has 3 atom stereocenters. The number of hydrogen-bond acceptors (Lipinski definition) is 6. The Hall–Kier alpha value is 0.0500. The molecule has 7 heteroatoms. The topological polar surface area (TPSA) is 89.8 Å². The van der Waals surface area contributed by atoms with Crippen LogP contribution in [0.15, 0.2) is 0 Å². The van der Waals surface area contributed by atoms with Crippen LogP contribution in [0.1, 0.15) is 20.8 Å². The number of likely N-dealkylation sites (N-methyl/N-ethyl adjacent to an activating group) is 1. The SMILES string of the molecule is CCNC(=O)[C@@H](O)[C@@H](O)[C@@H](O)C(SCC)SCC. The normalized spacial score (nSPS) is 16.4. The van der Waals surface area contributed by atoms with E-state index in [0.29, 0.717) is 6.54 Å². The van der Waals surface area contributed by atoms with E-state index in [9.17, 15) is 20.1 Å². The van der Waals surface area contributed by atoms with Gasteiger partial charge in [-0.15, -0.1) is 23.5 Å². The molecule has 0 heterocycles. The number of carbonyl (C=O) groups excluding carboxylic acids is 1. The first-order valence-corrected chi connectivity index (χ1v) is 8.14. The van der Waals surface area contributed by atoms with Crippen molar-refractivity contribution in [1.29, 1.82) is 0 Å². The fourth-order valence-electron chi connectivity index (χ4n) is 1.36. The van der Waals surface area contributed by atoms with Crippen LogP contribution in [0.3, 0.4) is 0 Å². The lowest BCUT2D eigenvalue weighted by molar-refractivity contribution is -0.139.